The van der Waals surface area contributed by atoms with E-state index in [1.165, 1.54) is 0 Å². The molecule has 3 heterocycles. The number of amides is 1. The molecule has 1 N–H and O–H groups in total. The van der Waals surface area contributed by atoms with E-state index in [2.05, 4.69) is 33.2 Å². The zero-order chi connectivity index (χ0) is 18.6. The van der Waals surface area contributed by atoms with E-state index in [1.54, 1.807) is 7.11 Å². The predicted octanol–water partition coefficient (Wildman–Crippen LogP) is 1.55. The minimum absolute atomic E-state index is 0.0853. The number of nitrogens with one attached hydrogen (secondary N) is 1. The molecule has 1 aliphatic heterocycles. The lowest BCUT2D eigenvalue weighted by Crippen LogP contribution is -2.49. The molecule has 1 amide bonds. The zero-order valence-electron chi connectivity index (χ0n) is 15.9. The average Bonchev–Trinajstić information content (AvgIpc) is 3.47. The van der Waals surface area contributed by atoms with Gasteiger partial charge < -0.3 is 24.3 Å². The van der Waals surface area contributed by atoms with E-state index in [0.717, 1.165) is 55.6 Å². The van der Waals surface area contributed by atoms with E-state index in [-0.39, 0.29) is 12.0 Å². The molecule has 1 saturated heterocycles. The molecule has 1 atom stereocenters. The minimum Gasteiger partial charge on any atom is -0.385 e. The van der Waals surface area contributed by atoms with Crippen LogP contribution < -0.4 is 5.32 Å². The summed E-state index contributed by atoms with van der Waals surface area (Å²) < 4.78 is 13.1. The first kappa shape index (κ1) is 18.4. The molecule has 2 fully saturated rings. The highest BCUT2D eigenvalue weighted by molar-refractivity contribution is 5.82. The molecule has 0 unspecified atom stereocenters. The number of rotatable bonds is 8. The molecule has 2 aromatic rings. The van der Waals surface area contributed by atoms with Gasteiger partial charge in [-0.3, -0.25) is 9.78 Å². The van der Waals surface area contributed by atoms with Crippen molar-refractivity contribution < 1.29 is 14.3 Å². The minimum atomic E-state index is -0.374. The second-order valence-corrected chi connectivity index (χ2v) is 7.35. The Morgan fingerprint density at radius 1 is 1.48 bits per heavy atom. The van der Waals surface area contributed by atoms with Gasteiger partial charge in [-0.2, -0.15) is 0 Å². The van der Waals surface area contributed by atoms with Gasteiger partial charge in [-0.05, 0) is 31.4 Å². The smallest absolute Gasteiger partial charge is 0.253 e. The Balaban J connectivity index is 1.50. The fourth-order valence-corrected chi connectivity index (χ4v) is 3.64. The van der Waals surface area contributed by atoms with Gasteiger partial charge in [-0.25, -0.2) is 0 Å². The summed E-state index contributed by atoms with van der Waals surface area (Å²) in [5.74, 6) is 0.0853. The van der Waals surface area contributed by atoms with E-state index in [9.17, 15) is 4.79 Å². The third-order valence-electron chi connectivity index (χ3n) is 5.27. The van der Waals surface area contributed by atoms with Gasteiger partial charge in [0.1, 0.15) is 6.10 Å². The normalized spacial score (nSPS) is 20.1. The van der Waals surface area contributed by atoms with Crippen molar-refractivity contribution in [2.75, 3.05) is 33.4 Å². The first-order chi connectivity index (χ1) is 13.3. The van der Waals surface area contributed by atoms with Crippen molar-refractivity contribution in [1.82, 2.24) is 19.8 Å². The molecule has 1 aliphatic carbocycles. The van der Waals surface area contributed by atoms with Crippen LogP contribution in [0.5, 0.6) is 0 Å². The van der Waals surface area contributed by atoms with Crippen LogP contribution in [0, 0.1) is 0 Å². The molecule has 0 bridgehead atoms. The maximum absolute atomic E-state index is 13.0. The van der Waals surface area contributed by atoms with Gasteiger partial charge in [0.2, 0.25) is 0 Å². The molecule has 7 heteroatoms. The van der Waals surface area contributed by atoms with Crippen LogP contribution in [-0.4, -0.2) is 65.9 Å². The maximum atomic E-state index is 13.0. The van der Waals surface area contributed by atoms with Crippen molar-refractivity contribution in [2.45, 2.75) is 44.5 Å². The van der Waals surface area contributed by atoms with Crippen molar-refractivity contribution in [3.8, 4) is 0 Å². The molecule has 146 valence electrons. The number of carbonyl (C=O) groups excluding carboxylic acids is 1. The summed E-state index contributed by atoms with van der Waals surface area (Å²) in [5, 5.41) is 4.37. The molecular weight excluding hydrogens is 344 g/mol. The van der Waals surface area contributed by atoms with Crippen LogP contribution in [0.3, 0.4) is 0 Å². The third kappa shape index (κ3) is 4.31. The molecule has 0 aromatic carbocycles. The Labute approximate surface area is 159 Å². The van der Waals surface area contributed by atoms with Crippen LogP contribution in [0.15, 0.2) is 24.5 Å². The molecular formula is C20H28N4O3. The summed E-state index contributed by atoms with van der Waals surface area (Å²) in [7, 11) is 1.73. The largest absolute Gasteiger partial charge is 0.385 e. The summed E-state index contributed by atoms with van der Waals surface area (Å²) in [5.41, 5.74) is 2.09. The number of aryl methyl sites for hydroxylation is 1. The van der Waals surface area contributed by atoms with E-state index < -0.39 is 0 Å². The second kappa shape index (κ2) is 8.37. The van der Waals surface area contributed by atoms with Crippen LogP contribution >= 0.6 is 0 Å². The Morgan fingerprint density at radius 3 is 3.11 bits per heavy atom. The van der Waals surface area contributed by atoms with Crippen molar-refractivity contribution in [3.63, 3.8) is 0 Å². The summed E-state index contributed by atoms with van der Waals surface area (Å²) in [6.07, 6.45) is 6.74. The maximum Gasteiger partial charge on any atom is 0.253 e. The Morgan fingerprint density at radius 2 is 2.37 bits per heavy atom. The van der Waals surface area contributed by atoms with E-state index in [4.69, 9.17) is 9.47 Å². The van der Waals surface area contributed by atoms with Gasteiger partial charge in [-0.1, -0.05) is 0 Å². The summed E-state index contributed by atoms with van der Waals surface area (Å²) >= 11 is 0. The number of pyridine rings is 1. The lowest BCUT2D eigenvalue weighted by atomic mass is 10.2. The van der Waals surface area contributed by atoms with Gasteiger partial charge in [0.15, 0.2) is 0 Å². The quantitative estimate of drug-likeness (QED) is 0.712. The molecule has 0 radical (unpaired) electrons. The second-order valence-electron chi connectivity index (χ2n) is 7.35. The Kier molecular flexibility index (Phi) is 5.71. The standard InChI is InChI=1S/C20H28N4O3/c1-26-9-2-7-23-8-5-15-12-22-16(11-18(15)23)14-24(17-3-4-17)20(25)19-13-21-6-10-27-19/h5,8,11-12,17,19,21H,2-4,6-7,9-10,13-14H2,1H3/t19-/m1/s1. The lowest BCUT2D eigenvalue weighted by Gasteiger charge is -2.29. The third-order valence-corrected chi connectivity index (χ3v) is 5.27. The number of hydrogen-bond donors (Lipinski definition) is 1. The topological polar surface area (TPSA) is 68.6 Å². The molecule has 27 heavy (non-hydrogen) atoms. The highest BCUT2D eigenvalue weighted by Gasteiger charge is 2.37. The zero-order valence-corrected chi connectivity index (χ0v) is 15.9. The molecule has 7 nitrogen and oxygen atoms in total. The fourth-order valence-electron chi connectivity index (χ4n) is 3.64. The molecule has 1 saturated carbocycles. The first-order valence-corrected chi connectivity index (χ1v) is 9.82. The van der Waals surface area contributed by atoms with Crippen LogP contribution in [0.4, 0.5) is 0 Å². The van der Waals surface area contributed by atoms with Crippen molar-refractivity contribution >= 4 is 16.8 Å². The van der Waals surface area contributed by atoms with Crippen LogP contribution in [-0.2, 0) is 27.4 Å². The van der Waals surface area contributed by atoms with Crippen LogP contribution in [0.25, 0.3) is 10.9 Å². The number of carbonyl (C=O) groups is 1. The van der Waals surface area contributed by atoms with E-state index >= 15 is 0 Å². The molecule has 2 aromatic heterocycles. The van der Waals surface area contributed by atoms with Crippen molar-refractivity contribution in [3.05, 3.63) is 30.2 Å². The highest BCUT2D eigenvalue weighted by Crippen LogP contribution is 2.29. The van der Waals surface area contributed by atoms with Gasteiger partial charge >= 0.3 is 0 Å². The molecule has 2 aliphatic rings. The summed E-state index contributed by atoms with van der Waals surface area (Å²) in [6, 6.07) is 4.53. The molecule has 4 rings (SSSR count). The summed E-state index contributed by atoms with van der Waals surface area (Å²) in [4.78, 5) is 19.5. The number of ether oxygens (including phenoxy) is 2. The van der Waals surface area contributed by atoms with Crippen LogP contribution in [0.2, 0.25) is 0 Å². The first-order valence-electron chi connectivity index (χ1n) is 9.82. The Bertz CT molecular complexity index is 781. The summed E-state index contributed by atoms with van der Waals surface area (Å²) in [6.45, 7) is 4.20. The van der Waals surface area contributed by atoms with Gasteiger partial charge in [0.25, 0.3) is 5.91 Å². The number of morpholine rings is 1. The number of hydrogen-bond acceptors (Lipinski definition) is 5. The number of fused-ring (bicyclic) bond motifs is 1. The van der Waals surface area contributed by atoms with Gasteiger partial charge in [-0.15, -0.1) is 0 Å². The average molecular weight is 372 g/mol. The van der Waals surface area contributed by atoms with Crippen molar-refractivity contribution in [1.29, 1.82) is 0 Å². The van der Waals surface area contributed by atoms with Gasteiger partial charge in [0.05, 0.1) is 24.4 Å². The van der Waals surface area contributed by atoms with Crippen LogP contribution in [0.1, 0.15) is 25.0 Å². The SMILES string of the molecule is COCCCn1ccc2cnc(CN(C(=O)[C@H]3CNCCO3)C3CC3)cc21. The Hall–Kier alpha value is -1.96. The van der Waals surface area contributed by atoms with E-state index in [0.29, 0.717) is 25.7 Å². The van der Waals surface area contributed by atoms with E-state index in [1.807, 2.05) is 11.1 Å². The number of nitrogens with zero attached hydrogens (tertiary/aromatic N) is 3. The fraction of sp³-hybridized carbons (Fsp3) is 0.600. The van der Waals surface area contributed by atoms with Crippen molar-refractivity contribution in [2.24, 2.45) is 0 Å². The molecule has 0 spiro atoms. The number of methoxy groups -OCH3 is 1. The highest BCUT2D eigenvalue weighted by atomic mass is 16.5. The lowest BCUT2D eigenvalue weighted by molar-refractivity contribution is -0.146. The predicted molar refractivity (Wildman–Crippen MR) is 102 cm³/mol. The monoisotopic (exact) mass is 372 g/mol. The number of aromatic nitrogens is 2. The van der Waals surface area contributed by atoms with Gasteiger partial charge in [0, 0.05) is 57.2 Å².